The molecule has 0 fully saturated rings. The van der Waals surface area contributed by atoms with Crippen LogP contribution >= 0.6 is 0 Å². The van der Waals surface area contributed by atoms with Gasteiger partial charge < -0.3 is 14.6 Å². The van der Waals surface area contributed by atoms with E-state index in [-0.39, 0.29) is 5.56 Å². The van der Waals surface area contributed by atoms with Crippen molar-refractivity contribution in [2.24, 2.45) is 0 Å². The van der Waals surface area contributed by atoms with Gasteiger partial charge in [-0.2, -0.15) is 0 Å². The van der Waals surface area contributed by atoms with Crippen LogP contribution in [0.3, 0.4) is 0 Å². The van der Waals surface area contributed by atoms with Gasteiger partial charge in [0.1, 0.15) is 30.3 Å². The topological polar surface area (TPSA) is 55.8 Å². The van der Waals surface area contributed by atoms with Gasteiger partial charge in [-0.05, 0) is 36.2 Å². The summed E-state index contributed by atoms with van der Waals surface area (Å²) < 4.78 is 11.0. The maximum Gasteiger partial charge on any atom is 0.339 e. The molecule has 2 aromatic carbocycles. The van der Waals surface area contributed by atoms with Crippen LogP contribution < -0.4 is 9.47 Å². The molecule has 0 amide bonds. The summed E-state index contributed by atoms with van der Waals surface area (Å²) in [7, 11) is 0. The van der Waals surface area contributed by atoms with Crippen LogP contribution in [0, 0.1) is 0 Å². The van der Waals surface area contributed by atoms with Crippen LogP contribution in [-0.2, 0) is 6.42 Å². The Kier molecular flexibility index (Phi) is 5.21. The molecule has 0 bridgehead atoms. The van der Waals surface area contributed by atoms with Crippen LogP contribution in [0.2, 0.25) is 0 Å². The highest BCUT2D eigenvalue weighted by Crippen LogP contribution is 2.18. The average Bonchev–Trinajstić information content (AvgIpc) is 2.52. The molecule has 0 radical (unpaired) electrons. The number of carboxylic acid groups (broad SMARTS) is 1. The quantitative estimate of drug-likeness (QED) is 0.792. The van der Waals surface area contributed by atoms with E-state index < -0.39 is 5.97 Å². The standard InChI is InChI=1S/C17H18O4/c1-2-13-7-9-14(10-8-13)20-11-12-21-16-6-4-3-5-15(16)17(18)19/h3-10H,2,11-12H2,1H3,(H,18,19). The molecule has 0 atom stereocenters. The van der Waals surface area contributed by atoms with Crippen LogP contribution in [0.15, 0.2) is 48.5 Å². The van der Waals surface area contributed by atoms with Crippen LogP contribution in [0.1, 0.15) is 22.8 Å². The number of hydrogen-bond acceptors (Lipinski definition) is 3. The molecule has 1 N–H and O–H groups in total. The zero-order chi connectivity index (χ0) is 15.1. The lowest BCUT2D eigenvalue weighted by atomic mass is 10.2. The largest absolute Gasteiger partial charge is 0.490 e. The van der Waals surface area contributed by atoms with Crippen molar-refractivity contribution in [3.63, 3.8) is 0 Å². The third-order valence-corrected chi connectivity index (χ3v) is 3.06. The Bertz CT molecular complexity index is 590. The lowest BCUT2D eigenvalue weighted by Crippen LogP contribution is -2.11. The second-order valence-corrected chi connectivity index (χ2v) is 4.50. The van der Waals surface area contributed by atoms with Gasteiger partial charge in [0, 0.05) is 0 Å². The highest BCUT2D eigenvalue weighted by molar-refractivity contribution is 5.90. The lowest BCUT2D eigenvalue weighted by Gasteiger charge is -2.10. The maximum atomic E-state index is 11.0. The number of rotatable bonds is 7. The van der Waals surface area contributed by atoms with Crippen molar-refractivity contribution in [2.75, 3.05) is 13.2 Å². The highest BCUT2D eigenvalue weighted by atomic mass is 16.5. The molecular weight excluding hydrogens is 268 g/mol. The van der Waals surface area contributed by atoms with Gasteiger partial charge in [-0.25, -0.2) is 4.79 Å². The number of aromatic carboxylic acids is 1. The first kappa shape index (κ1) is 14.9. The molecule has 4 nitrogen and oxygen atoms in total. The summed E-state index contributed by atoms with van der Waals surface area (Å²) >= 11 is 0. The predicted molar refractivity (Wildman–Crippen MR) is 80.2 cm³/mol. The average molecular weight is 286 g/mol. The van der Waals surface area contributed by atoms with E-state index in [0.29, 0.717) is 19.0 Å². The molecular formula is C17H18O4. The third-order valence-electron chi connectivity index (χ3n) is 3.06. The van der Waals surface area contributed by atoms with Crippen molar-refractivity contribution in [3.8, 4) is 11.5 Å². The van der Waals surface area contributed by atoms with Gasteiger partial charge >= 0.3 is 5.97 Å². The number of hydrogen-bond donors (Lipinski definition) is 1. The van der Waals surface area contributed by atoms with E-state index in [1.54, 1.807) is 18.2 Å². The first-order valence-corrected chi connectivity index (χ1v) is 6.87. The highest BCUT2D eigenvalue weighted by Gasteiger charge is 2.09. The number of benzene rings is 2. The minimum absolute atomic E-state index is 0.157. The van der Waals surface area contributed by atoms with Crippen molar-refractivity contribution in [2.45, 2.75) is 13.3 Å². The minimum Gasteiger partial charge on any atom is -0.490 e. The number of aryl methyl sites for hydroxylation is 1. The molecule has 110 valence electrons. The Morgan fingerprint density at radius 3 is 2.33 bits per heavy atom. The van der Waals surface area contributed by atoms with Gasteiger partial charge in [0.25, 0.3) is 0 Å². The number of para-hydroxylation sites is 1. The summed E-state index contributed by atoms with van der Waals surface area (Å²) in [6.45, 7) is 2.75. The van der Waals surface area contributed by atoms with Gasteiger partial charge in [0.15, 0.2) is 0 Å². The predicted octanol–water partition coefficient (Wildman–Crippen LogP) is 3.41. The summed E-state index contributed by atoms with van der Waals surface area (Å²) in [5.74, 6) is 0.138. The Morgan fingerprint density at radius 2 is 1.67 bits per heavy atom. The Balaban J connectivity index is 1.83. The summed E-state index contributed by atoms with van der Waals surface area (Å²) in [4.78, 5) is 11.0. The third kappa shape index (κ3) is 4.24. The number of carbonyl (C=O) groups is 1. The summed E-state index contributed by atoms with van der Waals surface area (Å²) in [6, 6.07) is 14.5. The van der Waals surface area contributed by atoms with Gasteiger partial charge in [0.05, 0.1) is 0 Å². The summed E-state index contributed by atoms with van der Waals surface area (Å²) in [5, 5.41) is 9.04. The van der Waals surface area contributed by atoms with Gasteiger partial charge in [0.2, 0.25) is 0 Å². The van der Waals surface area contributed by atoms with Crippen LogP contribution in [0.25, 0.3) is 0 Å². The smallest absolute Gasteiger partial charge is 0.339 e. The first-order valence-electron chi connectivity index (χ1n) is 6.87. The molecule has 2 aromatic rings. The molecule has 0 saturated carbocycles. The normalized spacial score (nSPS) is 10.1. The number of carboxylic acids is 1. The lowest BCUT2D eigenvalue weighted by molar-refractivity contribution is 0.0691. The van der Waals surface area contributed by atoms with E-state index in [0.717, 1.165) is 12.2 Å². The molecule has 0 spiro atoms. The monoisotopic (exact) mass is 286 g/mol. The first-order chi connectivity index (χ1) is 10.2. The Labute approximate surface area is 123 Å². The van der Waals surface area contributed by atoms with Crippen LogP contribution in [-0.4, -0.2) is 24.3 Å². The fourth-order valence-corrected chi connectivity index (χ4v) is 1.90. The fourth-order valence-electron chi connectivity index (χ4n) is 1.90. The molecule has 0 aliphatic rings. The Morgan fingerprint density at radius 1 is 1.00 bits per heavy atom. The van der Waals surface area contributed by atoms with Crippen molar-refractivity contribution in [1.82, 2.24) is 0 Å². The van der Waals surface area contributed by atoms with Crippen LogP contribution in [0.4, 0.5) is 0 Å². The molecule has 4 heteroatoms. The molecule has 0 saturated heterocycles. The minimum atomic E-state index is -0.998. The van der Waals surface area contributed by atoms with E-state index in [1.807, 2.05) is 24.3 Å². The van der Waals surface area contributed by atoms with E-state index in [2.05, 4.69) is 6.92 Å². The van der Waals surface area contributed by atoms with Crippen molar-refractivity contribution < 1.29 is 19.4 Å². The van der Waals surface area contributed by atoms with E-state index in [1.165, 1.54) is 11.6 Å². The van der Waals surface area contributed by atoms with Crippen molar-refractivity contribution in [3.05, 3.63) is 59.7 Å². The van der Waals surface area contributed by atoms with Gasteiger partial charge in [-0.3, -0.25) is 0 Å². The van der Waals surface area contributed by atoms with Gasteiger partial charge in [-0.1, -0.05) is 31.2 Å². The van der Waals surface area contributed by atoms with Crippen molar-refractivity contribution in [1.29, 1.82) is 0 Å². The Hall–Kier alpha value is -2.49. The van der Waals surface area contributed by atoms with E-state index in [4.69, 9.17) is 14.6 Å². The molecule has 0 unspecified atom stereocenters. The maximum absolute atomic E-state index is 11.0. The zero-order valence-electron chi connectivity index (χ0n) is 11.9. The van der Waals surface area contributed by atoms with Crippen LogP contribution in [0.5, 0.6) is 11.5 Å². The molecule has 0 heterocycles. The summed E-state index contributed by atoms with van der Waals surface area (Å²) in [6.07, 6.45) is 0.995. The molecule has 0 aromatic heterocycles. The zero-order valence-corrected chi connectivity index (χ0v) is 11.9. The van der Waals surface area contributed by atoms with Gasteiger partial charge in [-0.15, -0.1) is 0 Å². The van der Waals surface area contributed by atoms with E-state index in [9.17, 15) is 4.79 Å². The molecule has 0 aliphatic carbocycles. The second kappa shape index (κ2) is 7.33. The summed E-state index contributed by atoms with van der Waals surface area (Å²) in [5.41, 5.74) is 1.42. The second-order valence-electron chi connectivity index (χ2n) is 4.50. The van der Waals surface area contributed by atoms with Crippen molar-refractivity contribution >= 4 is 5.97 Å². The molecule has 21 heavy (non-hydrogen) atoms. The van der Waals surface area contributed by atoms with E-state index >= 15 is 0 Å². The molecule has 0 aliphatic heterocycles. The fraction of sp³-hybridized carbons (Fsp3) is 0.235. The number of ether oxygens (including phenoxy) is 2. The SMILES string of the molecule is CCc1ccc(OCCOc2ccccc2C(=O)O)cc1. The molecule has 2 rings (SSSR count).